The molecule has 6 rings (SSSR count). The number of rotatable bonds is 7. The number of methoxy groups -OCH3 is 1. The molecular weight excluding hydrogens is 394 g/mol. The molecule has 0 amide bonds. The van der Waals surface area contributed by atoms with Crippen molar-refractivity contribution in [3.63, 3.8) is 0 Å². The molecule has 3 aliphatic heterocycles. The van der Waals surface area contributed by atoms with Gasteiger partial charge in [0.25, 0.3) is 0 Å². The normalized spacial score (nSPS) is 24.6. The third kappa shape index (κ3) is 4.32. The summed E-state index contributed by atoms with van der Waals surface area (Å²) in [6.07, 6.45) is 2.68. The first kappa shape index (κ1) is 21.2. The van der Waals surface area contributed by atoms with Crippen LogP contribution >= 0.6 is 0 Å². The molecule has 0 unspecified atom stereocenters. The molecule has 0 saturated carbocycles. The summed E-state index contributed by atoms with van der Waals surface area (Å²) in [6.45, 7) is 5.08. The maximum atomic E-state index is 6.80. The fraction of sp³-hybridized carbons (Fsp3) is 0.379. The fourth-order valence-corrected chi connectivity index (χ4v) is 5.79. The van der Waals surface area contributed by atoms with Crippen LogP contribution in [0.4, 0.5) is 0 Å². The van der Waals surface area contributed by atoms with E-state index in [0.717, 1.165) is 5.75 Å². The van der Waals surface area contributed by atoms with Gasteiger partial charge in [-0.25, -0.2) is 0 Å². The fourth-order valence-electron chi connectivity index (χ4n) is 5.79. The first-order chi connectivity index (χ1) is 15.7. The molecule has 3 nitrogen and oxygen atoms in total. The molecule has 3 aromatic rings. The van der Waals surface area contributed by atoms with E-state index in [1.165, 1.54) is 48.2 Å². The Balaban J connectivity index is 1.48. The Labute approximate surface area is 192 Å². The van der Waals surface area contributed by atoms with Crippen LogP contribution in [-0.2, 0) is 11.3 Å². The summed E-state index contributed by atoms with van der Waals surface area (Å²) in [7, 11) is 1.73. The average molecular weight is 428 g/mol. The molecule has 3 fully saturated rings. The molecule has 0 aromatic heterocycles. The third-order valence-corrected chi connectivity index (χ3v) is 7.24. The minimum Gasteiger partial charge on any atom is -0.497 e. The summed E-state index contributed by atoms with van der Waals surface area (Å²) < 4.78 is 12.3. The molecule has 0 radical (unpaired) electrons. The zero-order chi connectivity index (χ0) is 21.9. The van der Waals surface area contributed by atoms with Gasteiger partial charge in [-0.05, 0) is 73.2 Å². The van der Waals surface area contributed by atoms with Crippen molar-refractivity contribution in [1.82, 2.24) is 4.90 Å². The van der Waals surface area contributed by atoms with Gasteiger partial charge in [0.1, 0.15) is 5.75 Å². The van der Waals surface area contributed by atoms with Gasteiger partial charge in [-0.3, -0.25) is 4.90 Å². The lowest BCUT2D eigenvalue weighted by Crippen LogP contribution is -2.60. The number of fused-ring (bicyclic) bond motifs is 3. The van der Waals surface area contributed by atoms with Crippen LogP contribution in [0.1, 0.15) is 41.0 Å². The van der Waals surface area contributed by atoms with E-state index in [1.807, 2.05) is 0 Å². The highest BCUT2D eigenvalue weighted by molar-refractivity contribution is 5.36. The van der Waals surface area contributed by atoms with Gasteiger partial charge in [-0.2, -0.15) is 0 Å². The van der Waals surface area contributed by atoms with E-state index >= 15 is 0 Å². The molecular formula is C29H33NO2. The van der Waals surface area contributed by atoms with Crippen molar-refractivity contribution in [1.29, 1.82) is 0 Å². The molecule has 3 aromatic carbocycles. The summed E-state index contributed by atoms with van der Waals surface area (Å²) in [6, 6.07) is 28.7. The molecule has 0 N–H and O–H groups in total. The van der Waals surface area contributed by atoms with E-state index in [4.69, 9.17) is 9.47 Å². The zero-order valence-corrected chi connectivity index (χ0v) is 19.1. The summed E-state index contributed by atoms with van der Waals surface area (Å²) >= 11 is 0. The van der Waals surface area contributed by atoms with Gasteiger partial charge in [0.15, 0.2) is 0 Å². The van der Waals surface area contributed by atoms with E-state index in [9.17, 15) is 0 Å². The molecule has 166 valence electrons. The van der Waals surface area contributed by atoms with Crippen molar-refractivity contribution in [2.24, 2.45) is 5.92 Å². The SMILES string of the molecule is COc1cc(C)cc(CO[C@H]2C3CCN(CC3)[C@@H]2C(c2ccccc2)c2ccccc2)c1. The second kappa shape index (κ2) is 9.48. The molecule has 3 aliphatic rings. The summed E-state index contributed by atoms with van der Waals surface area (Å²) in [5, 5.41) is 0. The maximum Gasteiger partial charge on any atom is 0.119 e. The average Bonchev–Trinajstić information content (AvgIpc) is 2.85. The van der Waals surface area contributed by atoms with E-state index < -0.39 is 0 Å². The van der Waals surface area contributed by atoms with Crippen LogP contribution in [0, 0.1) is 12.8 Å². The van der Waals surface area contributed by atoms with Crippen LogP contribution in [0.2, 0.25) is 0 Å². The molecule has 2 atom stereocenters. The quantitative estimate of drug-likeness (QED) is 0.475. The standard InChI is InChI=1S/C29H33NO2/c1-21-17-22(19-26(18-21)31-2)20-32-29-25-13-15-30(16-14-25)28(29)27(23-9-5-3-6-10-23)24-11-7-4-8-12-24/h3-12,17-19,25,27-29H,13-16,20H2,1-2H3/t28-,29+/m1/s1. The van der Waals surface area contributed by atoms with Gasteiger partial charge in [0, 0.05) is 12.0 Å². The predicted molar refractivity (Wildman–Crippen MR) is 129 cm³/mol. The number of ether oxygens (including phenoxy) is 2. The van der Waals surface area contributed by atoms with E-state index in [2.05, 4.69) is 90.7 Å². The minimum absolute atomic E-state index is 0.217. The lowest BCUT2D eigenvalue weighted by atomic mass is 9.72. The second-order valence-corrected chi connectivity index (χ2v) is 9.30. The van der Waals surface area contributed by atoms with E-state index in [0.29, 0.717) is 24.5 Å². The smallest absolute Gasteiger partial charge is 0.119 e. The molecule has 3 saturated heterocycles. The largest absolute Gasteiger partial charge is 0.497 e. The molecule has 3 heteroatoms. The highest BCUT2D eigenvalue weighted by Gasteiger charge is 2.47. The van der Waals surface area contributed by atoms with Gasteiger partial charge in [-0.1, -0.05) is 66.7 Å². The monoisotopic (exact) mass is 427 g/mol. The Hall–Kier alpha value is -2.62. The van der Waals surface area contributed by atoms with Crippen LogP contribution in [0.15, 0.2) is 78.9 Å². The lowest BCUT2D eigenvalue weighted by molar-refractivity contribution is -0.120. The van der Waals surface area contributed by atoms with Crippen molar-refractivity contribution in [2.75, 3.05) is 20.2 Å². The van der Waals surface area contributed by atoms with Gasteiger partial charge in [0.2, 0.25) is 0 Å². The van der Waals surface area contributed by atoms with Crippen molar-refractivity contribution >= 4 is 0 Å². The lowest BCUT2D eigenvalue weighted by Gasteiger charge is -2.53. The number of hydrogen-bond acceptors (Lipinski definition) is 3. The highest BCUT2D eigenvalue weighted by atomic mass is 16.5. The Morgan fingerprint density at radius 1 is 0.875 bits per heavy atom. The van der Waals surface area contributed by atoms with Gasteiger partial charge in [0.05, 0.1) is 19.8 Å². The first-order valence-electron chi connectivity index (χ1n) is 11.8. The Morgan fingerprint density at radius 3 is 2.09 bits per heavy atom. The number of hydrogen-bond donors (Lipinski definition) is 0. The van der Waals surface area contributed by atoms with Gasteiger partial charge >= 0.3 is 0 Å². The maximum absolute atomic E-state index is 6.80. The Morgan fingerprint density at radius 2 is 1.50 bits per heavy atom. The molecule has 0 spiro atoms. The first-order valence-corrected chi connectivity index (χ1v) is 11.8. The van der Waals surface area contributed by atoms with Crippen LogP contribution in [0.5, 0.6) is 5.75 Å². The zero-order valence-electron chi connectivity index (χ0n) is 19.1. The van der Waals surface area contributed by atoms with Crippen LogP contribution in [-0.4, -0.2) is 37.2 Å². The summed E-state index contributed by atoms with van der Waals surface area (Å²) in [4.78, 5) is 2.69. The van der Waals surface area contributed by atoms with Gasteiger partial charge in [-0.15, -0.1) is 0 Å². The van der Waals surface area contributed by atoms with Crippen molar-refractivity contribution in [2.45, 2.75) is 44.4 Å². The molecule has 2 bridgehead atoms. The molecule has 32 heavy (non-hydrogen) atoms. The van der Waals surface area contributed by atoms with Crippen molar-refractivity contribution in [3.05, 3.63) is 101 Å². The molecule has 3 heterocycles. The number of aryl methyl sites for hydroxylation is 1. The van der Waals surface area contributed by atoms with Crippen LogP contribution in [0.3, 0.4) is 0 Å². The minimum atomic E-state index is 0.217. The Bertz CT molecular complexity index is 972. The van der Waals surface area contributed by atoms with Crippen molar-refractivity contribution < 1.29 is 9.47 Å². The van der Waals surface area contributed by atoms with Gasteiger partial charge < -0.3 is 9.47 Å². The number of benzene rings is 3. The second-order valence-electron chi connectivity index (χ2n) is 9.30. The Kier molecular flexibility index (Phi) is 6.29. The number of piperidine rings is 3. The third-order valence-electron chi connectivity index (χ3n) is 7.24. The molecule has 0 aliphatic carbocycles. The predicted octanol–water partition coefficient (Wildman–Crippen LogP) is 5.82. The van der Waals surface area contributed by atoms with Crippen LogP contribution < -0.4 is 4.74 Å². The van der Waals surface area contributed by atoms with E-state index in [-0.39, 0.29) is 6.10 Å². The van der Waals surface area contributed by atoms with E-state index in [1.54, 1.807) is 7.11 Å². The van der Waals surface area contributed by atoms with Crippen LogP contribution in [0.25, 0.3) is 0 Å². The van der Waals surface area contributed by atoms with Crippen molar-refractivity contribution in [3.8, 4) is 5.75 Å². The summed E-state index contributed by atoms with van der Waals surface area (Å²) in [5.74, 6) is 1.82. The number of nitrogens with zero attached hydrogens (tertiary/aromatic N) is 1. The highest BCUT2D eigenvalue weighted by Crippen LogP contribution is 2.43. The topological polar surface area (TPSA) is 21.7 Å². The summed E-state index contributed by atoms with van der Waals surface area (Å²) in [5.41, 5.74) is 5.15.